The number of amides is 1. The summed E-state index contributed by atoms with van der Waals surface area (Å²) < 4.78 is 25.1. The van der Waals surface area contributed by atoms with Crippen LogP contribution in [0.2, 0.25) is 0 Å². The molecule has 0 saturated heterocycles. The Balaban J connectivity index is 1.53. The largest absolute Gasteiger partial charge is 0.481 e. The van der Waals surface area contributed by atoms with Crippen molar-refractivity contribution in [3.63, 3.8) is 0 Å². The fraction of sp³-hybridized carbons (Fsp3) is 0.385. The molecular formula is C26H27F2NO3. The first-order valence-corrected chi connectivity index (χ1v) is 11.1. The maximum absolute atomic E-state index is 13.3. The summed E-state index contributed by atoms with van der Waals surface area (Å²) in [6.07, 6.45) is 4.95. The second-order valence-electron chi connectivity index (χ2n) is 9.07. The van der Waals surface area contributed by atoms with Crippen LogP contribution in [0.1, 0.15) is 61.1 Å². The molecule has 4 nitrogen and oxygen atoms in total. The molecule has 0 spiro atoms. The molecule has 2 aromatic rings. The molecule has 168 valence electrons. The number of carbonyl (C=O) groups is 2. The Morgan fingerprint density at radius 2 is 1.78 bits per heavy atom. The van der Waals surface area contributed by atoms with E-state index in [4.69, 9.17) is 0 Å². The van der Waals surface area contributed by atoms with Crippen LogP contribution in [0.25, 0.3) is 6.08 Å². The van der Waals surface area contributed by atoms with E-state index in [0.29, 0.717) is 30.5 Å². The molecule has 1 amide bonds. The van der Waals surface area contributed by atoms with E-state index in [0.717, 1.165) is 42.9 Å². The normalized spacial score (nSPS) is 18.1. The first kappa shape index (κ1) is 22.2. The van der Waals surface area contributed by atoms with Gasteiger partial charge in [-0.05, 0) is 66.8 Å². The molecule has 32 heavy (non-hydrogen) atoms. The van der Waals surface area contributed by atoms with Gasteiger partial charge in [-0.2, -0.15) is 8.78 Å². The Morgan fingerprint density at radius 1 is 1.09 bits per heavy atom. The van der Waals surface area contributed by atoms with Gasteiger partial charge in [0, 0.05) is 11.8 Å². The number of benzene rings is 2. The summed E-state index contributed by atoms with van der Waals surface area (Å²) in [6, 6.07) is 14.1. The van der Waals surface area contributed by atoms with Crippen LogP contribution in [0.5, 0.6) is 0 Å². The molecular weight excluding hydrogens is 412 g/mol. The molecule has 0 radical (unpaired) electrons. The third-order valence-electron chi connectivity index (χ3n) is 6.77. The number of anilines is 1. The molecule has 4 rings (SSSR count). The maximum atomic E-state index is 13.3. The highest BCUT2D eigenvalue weighted by atomic mass is 19.3. The van der Waals surface area contributed by atoms with Crippen molar-refractivity contribution in [2.45, 2.75) is 50.9 Å². The van der Waals surface area contributed by atoms with E-state index in [1.165, 1.54) is 0 Å². The van der Waals surface area contributed by atoms with Crippen LogP contribution in [0, 0.1) is 11.3 Å². The van der Waals surface area contributed by atoms with Crippen molar-refractivity contribution in [2.24, 2.45) is 11.3 Å². The van der Waals surface area contributed by atoms with Crippen molar-refractivity contribution >= 4 is 23.6 Å². The van der Waals surface area contributed by atoms with Gasteiger partial charge in [0.15, 0.2) is 0 Å². The average Bonchev–Trinajstić information content (AvgIpc) is 3.34. The van der Waals surface area contributed by atoms with Gasteiger partial charge in [0.05, 0.1) is 11.3 Å². The van der Waals surface area contributed by atoms with Crippen molar-refractivity contribution in [3.05, 3.63) is 71.3 Å². The topological polar surface area (TPSA) is 66.4 Å². The third kappa shape index (κ3) is 5.06. The van der Waals surface area contributed by atoms with Crippen LogP contribution in [0.15, 0.2) is 54.6 Å². The zero-order valence-electron chi connectivity index (χ0n) is 17.8. The van der Waals surface area contributed by atoms with Gasteiger partial charge in [-0.15, -0.1) is 0 Å². The van der Waals surface area contributed by atoms with E-state index >= 15 is 0 Å². The fourth-order valence-corrected chi connectivity index (χ4v) is 4.84. The van der Waals surface area contributed by atoms with Crippen LogP contribution in [0.3, 0.4) is 0 Å². The molecule has 1 unspecified atom stereocenters. The van der Waals surface area contributed by atoms with Crippen molar-refractivity contribution in [2.75, 3.05) is 5.32 Å². The minimum absolute atomic E-state index is 0.117. The molecule has 2 aliphatic rings. The van der Waals surface area contributed by atoms with Crippen LogP contribution in [0.4, 0.5) is 14.5 Å². The van der Waals surface area contributed by atoms with Crippen molar-refractivity contribution in [1.29, 1.82) is 0 Å². The first-order chi connectivity index (χ1) is 15.4. The highest BCUT2D eigenvalue weighted by molar-refractivity contribution is 5.96. The Morgan fingerprint density at radius 3 is 2.38 bits per heavy atom. The lowest BCUT2D eigenvalue weighted by molar-refractivity contribution is -0.143. The lowest BCUT2D eigenvalue weighted by Gasteiger charge is -2.23. The summed E-state index contributed by atoms with van der Waals surface area (Å²) in [4.78, 5) is 24.9. The fourth-order valence-electron chi connectivity index (χ4n) is 4.84. The summed E-state index contributed by atoms with van der Waals surface area (Å²) in [5.41, 5.74) is 2.11. The number of aliphatic carboxylic acids is 1. The van der Waals surface area contributed by atoms with Crippen LogP contribution in [-0.4, -0.2) is 17.0 Å². The van der Waals surface area contributed by atoms with Crippen LogP contribution < -0.4 is 5.32 Å². The zero-order chi connectivity index (χ0) is 22.7. The number of carboxylic acids is 1. The summed E-state index contributed by atoms with van der Waals surface area (Å²) in [6.45, 7) is 0. The van der Waals surface area contributed by atoms with Gasteiger partial charge < -0.3 is 10.4 Å². The second kappa shape index (κ2) is 9.23. The Kier molecular flexibility index (Phi) is 6.40. The van der Waals surface area contributed by atoms with Gasteiger partial charge in [-0.25, -0.2) is 0 Å². The van der Waals surface area contributed by atoms with E-state index < -0.39 is 17.5 Å². The number of hydrogen-bond acceptors (Lipinski definition) is 2. The Hall–Kier alpha value is -3.02. The zero-order valence-corrected chi connectivity index (χ0v) is 17.8. The highest BCUT2D eigenvalue weighted by Crippen LogP contribution is 2.48. The van der Waals surface area contributed by atoms with Gasteiger partial charge in [-0.3, -0.25) is 9.59 Å². The lowest BCUT2D eigenvalue weighted by Crippen LogP contribution is -2.26. The van der Waals surface area contributed by atoms with Crippen molar-refractivity contribution in [1.82, 2.24) is 0 Å². The van der Waals surface area contributed by atoms with Gasteiger partial charge in [0.1, 0.15) is 0 Å². The van der Waals surface area contributed by atoms with Gasteiger partial charge in [0.25, 0.3) is 6.08 Å². The maximum Gasteiger partial charge on any atom is 0.309 e. The molecule has 0 aliphatic heterocycles. The number of rotatable bonds is 8. The minimum Gasteiger partial charge on any atom is -0.481 e. The van der Waals surface area contributed by atoms with E-state index in [2.05, 4.69) is 5.32 Å². The summed E-state index contributed by atoms with van der Waals surface area (Å²) in [5, 5.41) is 12.5. The van der Waals surface area contributed by atoms with Gasteiger partial charge in [-0.1, -0.05) is 49.2 Å². The molecule has 0 heterocycles. The first-order valence-electron chi connectivity index (χ1n) is 11.1. The predicted molar refractivity (Wildman–Crippen MR) is 119 cm³/mol. The number of nitrogens with one attached hydrogen (secondary N) is 1. The van der Waals surface area contributed by atoms with E-state index in [9.17, 15) is 23.5 Å². The predicted octanol–water partition coefficient (Wildman–Crippen LogP) is 6.24. The number of halogens is 2. The van der Waals surface area contributed by atoms with Crippen molar-refractivity contribution < 1.29 is 23.5 Å². The quantitative estimate of drug-likeness (QED) is 0.511. The smallest absolute Gasteiger partial charge is 0.309 e. The molecule has 0 aromatic heterocycles. The van der Waals surface area contributed by atoms with E-state index in [-0.39, 0.29) is 17.7 Å². The highest BCUT2D eigenvalue weighted by Gasteiger charge is 2.49. The monoisotopic (exact) mass is 439 g/mol. The number of hydrogen-bond donors (Lipinski definition) is 2. The van der Waals surface area contributed by atoms with E-state index in [1.54, 1.807) is 24.3 Å². The van der Waals surface area contributed by atoms with Crippen LogP contribution >= 0.6 is 0 Å². The molecule has 2 aliphatic carbocycles. The molecule has 2 fully saturated rings. The summed E-state index contributed by atoms with van der Waals surface area (Å²) in [5.74, 6) is -1.03. The second-order valence-corrected chi connectivity index (χ2v) is 9.07. The van der Waals surface area contributed by atoms with Gasteiger partial charge >= 0.3 is 5.97 Å². The Bertz CT molecular complexity index is 1020. The third-order valence-corrected chi connectivity index (χ3v) is 6.77. The Labute approximate surface area is 186 Å². The van der Waals surface area contributed by atoms with E-state index in [1.807, 2.05) is 24.3 Å². The SMILES string of the molecule is O=C(Nc1cccc(CC2(C(=O)O)CC2)c1)C(c1ccc(C=C(F)F)cc1)C1CCCC1. The number of carbonyl (C=O) groups excluding carboxylic acids is 1. The molecule has 0 bridgehead atoms. The lowest BCUT2D eigenvalue weighted by atomic mass is 9.83. The average molecular weight is 440 g/mol. The molecule has 6 heteroatoms. The van der Waals surface area contributed by atoms with Crippen LogP contribution in [-0.2, 0) is 16.0 Å². The summed E-state index contributed by atoms with van der Waals surface area (Å²) in [7, 11) is 0. The molecule has 1 atom stereocenters. The minimum atomic E-state index is -1.75. The van der Waals surface area contributed by atoms with Crippen molar-refractivity contribution in [3.8, 4) is 0 Å². The molecule has 2 saturated carbocycles. The van der Waals surface area contributed by atoms with Gasteiger partial charge in [0.2, 0.25) is 5.91 Å². The standard InChI is InChI=1S/C26H27F2NO3/c27-22(28)15-17-8-10-20(11-9-17)23(19-5-1-2-6-19)24(30)29-21-7-3-4-18(14-21)16-26(12-13-26)25(31)32/h3-4,7-11,14-15,19,23H,1-2,5-6,12-13,16H2,(H,29,30)(H,31,32). The summed E-state index contributed by atoms with van der Waals surface area (Å²) >= 11 is 0. The molecule has 2 aromatic carbocycles. The number of carboxylic acid groups (broad SMARTS) is 1. The molecule has 2 N–H and O–H groups in total.